The van der Waals surface area contributed by atoms with E-state index < -0.39 is 10.9 Å². The fourth-order valence-corrected chi connectivity index (χ4v) is 0.902. The molecule has 0 amide bonds. The first-order valence-corrected chi connectivity index (χ1v) is 4.12. The molecular weight excluding hydrogens is 214 g/mol. The topological polar surface area (TPSA) is 129 Å². The molecule has 0 spiro atoms. The van der Waals surface area contributed by atoms with Crippen LogP contribution in [0.4, 0.5) is 5.69 Å². The maximum absolute atomic E-state index is 10.4. The number of guanidine groups is 1. The summed E-state index contributed by atoms with van der Waals surface area (Å²) in [6, 6.07) is 5.65. The van der Waals surface area contributed by atoms with Gasteiger partial charge in [0.15, 0.2) is 0 Å². The third-order valence-electron chi connectivity index (χ3n) is 1.61. The third kappa shape index (κ3) is 3.03. The van der Waals surface area contributed by atoms with E-state index in [1.54, 1.807) is 6.07 Å². The number of hydrogen-bond acceptors (Lipinski definition) is 5. The molecule has 0 aliphatic carbocycles. The molecular formula is C8H9N5O3. The van der Waals surface area contributed by atoms with Crippen molar-refractivity contribution in [1.29, 1.82) is 5.41 Å². The summed E-state index contributed by atoms with van der Waals surface area (Å²) in [4.78, 5) is 9.90. The van der Waals surface area contributed by atoms with E-state index >= 15 is 0 Å². The molecule has 0 saturated heterocycles. The van der Waals surface area contributed by atoms with Crippen LogP contribution in [-0.4, -0.2) is 27.5 Å². The highest BCUT2D eigenvalue weighted by atomic mass is 16.6. The van der Waals surface area contributed by atoms with E-state index in [1.165, 1.54) is 18.2 Å². The Labute approximate surface area is 90.2 Å². The standard InChI is InChI=1S/C8H9N5O3/c9-8(10)12(14)11-5-6-2-1-3-7(4-6)13(15)16/h1-5,14H,(H3,9,10). The smallest absolute Gasteiger partial charge is 0.270 e. The molecule has 4 N–H and O–H groups in total. The summed E-state index contributed by atoms with van der Waals surface area (Å²) >= 11 is 0. The Morgan fingerprint density at radius 2 is 2.38 bits per heavy atom. The van der Waals surface area contributed by atoms with Crippen molar-refractivity contribution in [2.45, 2.75) is 0 Å². The fourth-order valence-electron chi connectivity index (χ4n) is 0.902. The van der Waals surface area contributed by atoms with Crippen LogP contribution in [0.15, 0.2) is 29.4 Å². The molecule has 1 aromatic rings. The van der Waals surface area contributed by atoms with E-state index in [2.05, 4.69) is 5.10 Å². The first-order chi connectivity index (χ1) is 7.50. The Morgan fingerprint density at radius 1 is 1.69 bits per heavy atom. The van der Waals surface area contributed by atoms with Crippen LogP contribution in [0.5, 0.6) is 0 Å². The van der Waals surface area contributed by atoms with Crippen LogP contribution in [0.1, 0.15) is 5.56 Å². The van der Waals surface area contributed by atoms with E-state index in [0.29, 0.717) is 5.56 Å². The Hall–Kier alpha value is -2.48. The SMILES string of the molecule is N=C(N)N(O)N=Cc1cccc([N+](=O)[O-])c1. The lowest BCUT2D eigenvalue weighted by atomic mass is 10.2. The zero-order valence-corrected chi connectivity index (χ0v) is 8.07. The van der Waals surface area contributed by atoms with Crippen molar-refractivity contribution in [3.8, 4) is 0 Å². The Kier molecular flexibility index (Phi) is 3.51. The Bertz CT molecular complexity index is 445. The number of hydrazone groups is 1. The summed E-state index contributed by atoms with van der Waals surface area (Å²) in [7, 11) is 0. The molecule has 0 aliphatic heterocycles. The lowest BCUT2D eigenvalue weighted by Crippen LogP contribution is -2.28. The van der Waals surface area contributed by atoms with Gasteiger partial charge in [0, 0.05) is 17.7 Å². The van der Waals surface area contributed by atoms with Gasteiger partial charge in [-0.25, -0.2) is 0 Å². The lowest BCUT2D eigenvalue weighted by Gasteiger charge is -2.05. The normalized spacial score (nSPS) is 10.3. The molecule has 0 bridgehead atoms. The lowest BCUT2D eigenvalue weighted by molar-refractivity contribution is -0.384. The predicted octanol–water partition coefficient (Wildman–Crippen LogP) is 0.513. The largest absolute Gasteiger partial charge is 0.367 e. The highest BCUT2D eigenvalue weighted by molar-refractivity contribution is 5.82. The van der Waals surface area contributed by atoms with Gasteiger partial charge in [0.05, 0.1) is 11.1 Å². The summed E-state index contributed by atoms with van der Waals surface area (Å²) in [5.41, 5.74) is 5.24. The van der Waals surface area contributed by atoms with Gasteiger partial charge >= 0.3 is 0 Å². The van der Waals surface area contributed by atoms with Gasteiger partial charge in [0.1, 0.15) is 0 Å². The van der Waals surface area contributed by atoms with Gasteiger partial charge in [-0.1, -0.05) is 12.1 Å². The van der Waals surface area contributed by atoms with E-state index in [9.17, 15) is 10.1 Å². The highest BCUT2D eigenvalue weighted by Gasteiger charge is 2.04. The molecule has 1 aromatic carbocycles. The molecule has 0 aliphatic rings. The quantitative estimate of drug-likeness (QED) is 0.297. The number of hydrogen-bond donors (Lipinski definition) is 3. The average molecular weight is 223 g/mol. The minimum atomic E-state index is -0.651. The van der Waals surface area contributed by atoms with Crippen LogP contribution >= 0.6 is 0 Å². The van der Waals surface area contributed by atoms with Gasteiger partial charge in [-0.2, -0.15) is 5.10 Å². The van der Waals surface area contributed by atoms with Gasteiger partial charge in [-0.3, -0.25) is 20.7 Å². The highest BCUT2D eigenvalue weighted by Crippen LogP contribution is 2.11. The van der Waals surface area contributed by atoms with Gasteiger partial charge in [0.2, 0.25) is 5.96 Å². The van der Waals surface area contributed by atoms with Crippen molar-refractivity contribution >= 4 is 17.9 Å². The average Bonchev–Trinajstić information content (AvgIpc) is 2.26. The van der Waals surface area contributed by atoms with Gasteiger partial charge < -0.3 is 5.73 Å². The molecule has 0 unspecified atom stereocenters. The van der Waals surface area contributed by atoms with Crippen LogP contribution in [0.3, 0.4) is 0 Å². The second kappa shape index (κ2) is 4.84. The van der Waals surface area contributed by atoms with Crippen LogP contribution < -0.4 is 5.73 Å². The number of hydroxylamine groups is 1. The molecule has 0 heterocycles. The number of non-ortho nitro benzene ring substituents is 1. The maximum atomic E-state index is 10.4. The zero-order chi connectivity index (χ0) is 12.1. The number of nitro groups is 1. The Balaban J connectivity index is 2.85. The minimum absolute atomic E-state index is 0.0868. The van der Waals surface area contributed by atoms with Gasteiger partial charge in [-0.15, -0.1) is 5.17 Å². The van der Waals surface area contributed by atoms with Crippen molar-refractivity contribution < 1.29 is 10.1 Å². The Morgan fingerprint density at radius 3 is 2.94 bits per heavy atom. The molecule has 8 heteroatoms. The van der Waals surface area contributed by atoms with Crippen LogP contribution in [0.2, 0.25) is 0 Å². The van der Waals surface area contributed by atoms with Crippen molar-refractivity contribution in [2.75, 3.05) is 0 Å². The molecule has 0 radical (unpaired) electrons. The second-order valence-electron chi connectivity index (χ2n) is 2.77. The molecule has 0 aromatic heterocycles. The number of rotatable bonds is 3. The number of nitrogens with one attached hydrogen (secondary N) is 1. The van der Waals surface area contributed by atoms with Crippen molar-refractivity contribution in [1.82, 2.24) is 5.17 Å². The van der Waals surface area contributed by atoms with Crippen LogP contribution in [0, 0.1) is 15.5 Å². The van der Waals surface area contributed by atoms with Crippen molar-refractivity contribution in [3.05, 3.63) is 39.9 Å². The minimum Gasteiger partial charge on any atom is -0.367 e. The number of nitrogens with zero attached hydrogens (tertiary/aromatic N) is 3. The first-order valence-electron chi connectivity index (χ1n) is 4.12. The predicted molar refractivity (Wildman–Crippen MR) is 56.2 cm³/mol. The molecule has 0 atom stereocenters. The van der Waals surface area contributed by atoms with Gasteiger partial charge in [0.25, 0.3) is 5.69 Å². The molecule has 1 rings (SSSR count). The molecule has 84 valence electrons. The fraction of sp³-hybridized carbons (Fsp3) is 0. The summed E-state index contributed by atoms with van der Waals surface area (Å²) in [5.74, 6) is -0.651. The van der Waals surface area contributed by atoms with Gasteiger partial charge in [-0.05, 0) is 0 Å². The van der Waals surface area contributed by atoms with Crippen LogP contribution in [0.25, 0.3) is 0 Å². The zero-order valence-electron chi connectivity index (χ0n) is 8.07. The summed E-state index contributed by atoms with van der Waals surface area (Å²) in [6.07, 6.45) is 1.15. The van der Waals surface area contributed by atoms with E-state index in [0.717, 1.165) is 6.21 Å². The number of nitro benzene ring substituents is 1. The number of nitrogens with two attached hydrogens (primary N) is 1. The van der Waals surface area contributed by atoms with Crippen molar-refractivity contribution in [2.24, 2.45) is 10.8 Å². The van der Waals surface area contributed by atoms with Crippen molar-refractivity contribution in [3.63, 3.8) is 0 Å². The maximum Gasteiger partial charge on any atom is 0.270 e. The first kappa shape index (κ1) is 11.6. The molecule has 8 nitrogen and oxygen atoms in total. The molecule has 0 saturated carbocycles. The van der Waals surface area contributed by atoms with E-state index in [4.69, 9.17) is 16.4 Å². The second-order valence-corrected chi connectivity index (χ2v) is 2.77. The molecule has 16 heavy (non-hydrogen) atoms. The summed E-state index contributed by atoms with van der Waals surface area (Å²) < 4.78 is 0. The summed E-state index contributed by atoms with van der Waals surface area (Å²) in [6.45, 7) is 0. The summed E-state index contributed by atoms with van der Waals surface area (Å²) in [5, 5.41) is 29.7. The number of benzene rings is 1. The third-order valence-corrected chi connectivity index (χ3v) is 1.61. The van der Waals surface area contributed by atoms with E-state index in [1.807, 2.05) is 0 Å². The monoisotopic (exact) mass is 223 g/mol. The van der Waals surface area contributed by atoms with E-state index in [-0.39, 0.29) is 10.9 Å². The molecule has 0 fully saturated rings. The van der Waals surface area contributed by atoms with Crippen LogP contribution in [-0.2, 0) is 0 Å².